The van der Waals surface area contributed by atoms with Crippen molar-refractivity contribution in [3.05, 3.63) is 41.9 Å². The van der Waals surface area contributed by atoms with Crippen LogP contribution in [0.25, 0.3) is 0 Å². The number of nitrogens with zero attached hydrogens (tertiary/aromatic N) is 5. The zero-order valence-electron chi connectivity index (χ0n) is 12.7. The van der Waals surface area contributed by atoms with E-state index < -0.39 is 0 Å². The average molecular weight is 283 g/mol. The van der Waals surface area contributed by atoms with Gasteiger partial charge in [0.05, 0.1) is 6.20 Å². The molecule has 0 aliphatic carbocycles. The summed E-state index contributed by atoms with van der Waals surface area (Å²) in [6.45, 7) is 6.13. The van der Waals surface area contributed by atoms with E-state index in [-0.39, 0.29) is 0 Å². The largest absolute Gasteiger partial charge is 0.355 e. The van der Waals surface area contributed by atoms with E-state index in [2.05, 4.69) is 24.8 Å². The van der Waals surface area contributed by atoms with Crippen molar-refractivity contribution in [1.82, 2.24) is 19.9 Å². The molecule has 0 amide bonds. The third kappa shape index (κ3) is 3.54. The van der Waals surface area contributed by atoms with E-state index in [9.17, 15) is 0 Å². The van der Waals surface area contributed by atoms with Crippen molar-refractivity contribution >= 4 is 5.82 Å². The second-order valence-electron chi connectivity index (χ2n) is 5.79. The second kappa shape index (κ2) is 6.16. The highest BCUT2D eigenvalue weighted by Crippen LogP contribution is 2.23. The molecular formula is C16H21N5. The molecule has 1 fully saturated rings. The van der Waals surface area contributed by atoms with Crippen LogP contribution in [-0.2, 0) is 6.42 Å². The normalized spacial score (nSPS) is 18.8. The van der Waals surface area contributed by atoms with Gasteiger partial charge in [0.15, 0.2) is 0 Å². The van der Waals surface area contributed by atoms with Gasteiger partial charge >= 0.3 is 0 Å². The number of hydrogen-bond donors (Lipinski definition) is 0. The Hall–Kier alpha value is -2.04. The molecule has 5 heteroatoms. The molecule has 0 bridgehead atoms. The molecule has 3 rings (SSSR count). The van der Waals surface area contributed by atoms with Crippen molar-refractivity contribution in [3.63, 3.8) is 0 Å². The van der Waals surface area contributed by atoms with Gasteiger partial charge in [-0.2, -0.15) is 0 Å². The zero-order valence-corrected chi connectivity index (χ0v) is 12.7. The fraction of sp³-hybridized carbons (Fsp3) is 0.500. The maximum atomic E-state index is 4.57. The van der Waals surface area contributed by atoms with Crippen molar-refractivity contribution in [3.8, 4) is 0 Å². The molecule has 1 aliphatic heterocycles. The van der Waals surface area contributed by atoms with Crippen LogP contribution in [0.1, 0.15) is 30.1 Å². The lowest BCUT2D eigenvalue weighted by molar-refractivity contribution is 0.404. The zero-order chi connectivity index (χ0) is 14.7. The van der Waals surface area contributed by atoms with Crippen LogP contribution >= 0.6 is 0 Å². The van der Waals surface area contributed by atoms with Crippen molar-refractivity contribution in [2.24, 2.45) is 5.92 Å². The first-order valence-electron chi connectivity index (χ1n) is 7.53. The molecule has 0 spiro atoms. The number of hydrogen-bond acceptors (Lipinski definition) is 5. The monoisotopic (exact) mass is 283 g/mol. The van der Waals surface area contributed by atoms with Crippen LogP contribution in [0.2, 0.25) is 0 Å². The van der Waals surface area contributed by atoms with Crippen LogP contribution in [0.15, 0.2) is 24.7 Å². The van der Waals surface area contributed by atoms with Gasteiger partial charge in [-0.05, 0) is 38.7 Å². The van der Waals surface area contributed by atoms with Gasteiger partial charge in [-0.3, -0.25) is 4.98 Å². The first-order chi connectivity index (χ1) is 10.2. The van der Waals surface area contributed by atoms with Crippen molar-refractivity contribution in [1.29, 1.82) is 0 Å². The summed E-state index contributed by atoms with van der Waals surface area (Å²) in [5.41, 5.74) is 2.11. The van der Waals surface area contributed by atoms with Gasteiger partial charge in [0.25, 0.3) is 0 Å². The smallest absolute Gasteiger partial charge is 0.147 e. The molecule has 5 nitrogen and oxygen atoms in total. The number of aromatic nitrogens is 4. The Morgan fingerprint density at radius 2 is 2.00 bits per heavy atom. The molecule has 110 valence electrons. The molecule has 0 saturated carbocycles. The Morgan fingerprint density at radius 3 is 2.71 bits per heavy atom. The lowest BCUT2D eigenvalue weighted by Gasteiger charge is -2.33. The summed E-state index contributed by atoms with van der Waals surface area (Å²) in [6.07, 6.45) is 8.67. The Kier molecular flexibility index (Phi) is 4.08. The van der Waals surface area contributed by atoms with Gasteiger partial charge in [-0.25, -0.2) is 15.0 Å². The highest BCUT2D eigenvalue weighted by atomic mass is 15.2. The van der Waals surface area contributed by atoms with Gasteiger partial charge in [-0.1, -0.05) is 0 Å². The lowest BCUT2D eigenvalue weighted by atomic mass is 9.94. The van der Waals surface area contributed by atoms with E-state index >= 15 is 0 Å². The minimum absolute atomic E-state index is 0.585. The maximum Gasteiger partial charge on any atom is 0.147 e. The van der Waals surface area contributed by atoms with Gasteiger partial charge in [0.2, 0.25) is 0 Å². The Morgan fingerprint density at radius 1 is 1.19 bits per heavy atom. The molecule has 0 unspecified atom stereocenters. The number of aryl methyl sites for hydroxylation is 2. The maximum absolute atomic E-state index is 4.57. The SMILES string of the molecule is Cc1cc(C)nc(C[C@H]2CCCN(c3cnccn3)C2)n1. The van der Waals surface area contributed by atoms with Gasteiger partial charge in [0, 0.05) is 43.3 Å². The van der Waals surface area contributed by atoms with Gasteiger partial charge < -0.3 is 4.90 Å². The minimum atomic E-state index is 0.585. The molecule has 1 atom stereocenters. The molecular weight excluding hydrogens is 262 g/mol. The number of piperidine rings is 1. The van der Waals surface area contributed by atoms with E-state index in [1.54, 1.807) is 12.4 Å². The quantitative estimate of drug-likeness (QED) is 0.865. The standard InChI is InChI=1S/C16H21N5/c1-12-8-13(2)20-15(19-12)9-14-4-3-7-21(11-14)16-10-17-5-6-18-16/h5-6,8,10,14H,3-4,7,9,11H2,1-2H3/t14-/m1/s1. The van der Waals surface area contributed by atoms with E-state index in [0.29, 0.717) is 5.92 Å². The topological polar surface area (TPSA) is 54.8 Å². The van der Waals surface area contributed by atoms with Crippen molar-refractivity contribution < 1.29 is 0 Å². The number of anilines is 1. The summed E-state index contributed by atoms with van der Waals surface area (Å²) in [4.78, 5) is 20.0. The first-order valence-corrected chi connectivity index (χ1v) is 7.53. The Balaban J connectivity index is 1.69. The van der Waals surface area contributed by atoms with Crippen LogP contribution in [0.3, 0.4) is 0 Å². The molecule has 0 radical (unpaired) electrons. The molecule has 2 aromatic heterocycles. The summed E-state index contributed by atoms with van der Waals surface area (Å²) < 4.78 is 0. The van der Waals surface area contributed by atoms with Gasteiger partial charge in [-0.15, -0.1) is 0 Å². The fourth-order valence-electron chi connectivity index (χ4n) is 3.04. The third-order valence-electron chi connectivity index (χ3n) is 3.89. The van der Waals surface area contributed by atoms with Crippen molar-refractivity contribution in [2.75, 3.05) is 18.0 Å². The van der Waals surface area contributed by atoms with E-state index in [1.165, 1.54) is 12.8 Å². The second-order valence-corrected chi connectivity index (χ2v) is 5.79. The highest BCUT2D eigenvalue weighted by molar-refractivity contribution is 5.35. The van der Waals surface area contributed by atoms with Crippen LogP contribution in [0, 0.1) is 19.8 Å². The summed E-state index contributed by atoms with van der Waals surface area (Å²) >= 11 is 0. The molecule has 1 aliphatic rings. The molecule has 1 saturated heterocycles. The van der Waals surface area contributed by atoms with Crippen LogP contribution in [0.5, 0.6) is 0 Å². The summed E-state index contributed by atoms with van der Waals surface area (Å²) in [6, 6.07) is 2.02. The van der Waals surface area contributed by atoms with Crippen LogP contribution in [0.4, 0.5) is 5.82 Å². The predicted octanol–water partition coefficient (Wildman–Crippen LogP) is 2.34. The van der Waals surface area contributed by atoms with Gasteiger partial charge in [0.1, 0.15) is 11.6 Å². The molecule has 3 heterocycles. The van der Waals surface area contributed by atoms with E-state index in [4.69, 9.17) is 0 Å². The Labute approximate surface area is 125 Å². The minimum Gasteiger partial charge on any atom is -0.355 e. The number of rotatable bonds is 3. The fourth-order valence-corrected chi connectivity index (χ4v) is 3.04. The predicted molar refractivity (Wildman–Crippen MR) is 82.2 cm³/mol. The highest BCUT2D eigenvalue weighted by Gasteiger charge is 2.22. The summed E-state index contributed by atoms with van der Waals surface area (Å²) in [5, 5.41) is 0. The van der Waals surface area contributed by atoms with Crippen LogP contribution < -0.4 is 4.90 Å². The molecule has 0 aromatic carbocycles. The van der Waals surface area contributed by atoms with E-state index in [0.717, 1.165) is 42.5 Å². The van der Waals surface area contributed by atoms with Crippen LogP contribution in [-0.4, -0.2) is 33.0 Å². The van der Waals surface area contributed by atoms with E-state index in [1.807, 2.05) is 26.1 Å². The summed E-state index contributed by atoms with van der Waals surface area (Å²) in [7, 11) is 0. The lowest BCUT2D eigenvalue weighted by Crippen LogP contribution is -2.37. The summed E-state index contributed by atoms with van der Waals surface area (Å²) in [5.74, 6) is 2.53. The molecule has 0 N–H and O–H groups in total. The molecule has 2 aromatic rings. The third-order valence-corrected chi connectivity index (χ3v) is 3.89. The van der Waals surface area contributed by atoms with Crippen molar-refractivity contribution in [2.45, 2.75) is 33.1 Å². The first kappa shape index (κ1) is 13.9. The average Bonchev–Trinajstić information content (AvgIpc) is 2.47. The Bertz CT molecular complexity index is 579. The molecule has 21 heavy (non-hydrogen) atoms.